The van der Waals surface area contributed by atoms with E-state index in [-0.39, 0.29) is 0 Å². The lowest BCUT2D eigenvalue weighted by atomic mass is 10.3. The maximum Gasteiger partial charge on any atom is 0.171 e. The minimum atomic E-state index is 0.362. The SMILES string of the molecule is C=CCNC(=S)Nc1ccc(Nc2ccc(Cl)nn2)cc1. The molecule has 0 saturated heterocycles. The van der Waals surface area contributed by atoms with Crippen molar-refractivity contribution < 1.29 is 0 Å². The standard InChI is InChI=1S/C14H14ClN5S/c1-2-9-16-14(21)18-11-5-3-10(4-6-11)17-13-8-7-12(15)19-20-13/h2-8H,1,9H2,(H,17,20)(H2,16,18,21). The summed E-state index contributed by atoms with van der Waals surface area (Å²) in [6.07, 6.45) is 1.74. The van der Waals surface area contributed by atoms with Gasteiger partial charge in [-0.25, -0.2) is 0 Å². The van der Waals surface area contributed by atoms with Crippen molar-refractivity contribution in [1.29, 1.82) is 0 Å². The van der Waals surface area contributed by atoms with E-state index >= 15 is 0 Å². The van der Waals surface area contributed by atoms with E-state index in [0.717, 1.165) is 11.4 Å². The normalized spacial score (nSPS) is 9.76. The number of nitrogens with zero attached hydrogens (tertiary/aromatic N) is 2. The lowest BCUT2D eigenvalue weighted by Gasteiger charge is -2.10. The third kappa shape index (κ3) is 5.02. The summed E-state index contributed by atoms with van der Waals surface area (Å²) in [6, 6.07) is 11.1. The fraction of sp³-hybridized carbons (Fsp3) is 0.0714. The molecule has 3 N–H and O–H groups in total. The van der Waals surface area contributed by atoms with Crippen molar-refractivity contribution in [1.82, 2.24) is 15.5 Å². The fourth-order valence-corrected chi connectivity index (χ4v) is 1.81. The van der Waals surface area contributed by atoms with Crippen molar-refractivity contribution in [2.45, 2.75) is 0 Å². The summed E-state index contributed by atoms with van der Waals surface area (Å²) >= 11 is 10.8. The average molecular weight is 320 g/mol. The van der Waals surface area contributed by atoms with Crippen LogP contribution in [0, 0.1) is 0 Å². The van der Waals surface area contributed by atoms with Crippen LogP contribution in [-0.2, 0) is 0 Å². The molecule has 1 heterocycles. The van der Waals surface area contributed by atoms with Crippen molar-refractivity contribution in [2.24, 2.45) is 0 Å². The lowest BCUT2D eigenvalue weighted by molar-refractivity contribution is 1.04. The number of anilines is 3. The molecule has 0 saturated carbocycles. The van der Waals surface area contributed by atoms with Gasteiger partial charge in [0.25, 0.3) is 0 Å². The molecule has 108 valence electrons. The van der Waals surface area contributed by atoms with E-state index < -0.39 is 0 Å². The Hall–Kier alpha value is -2.18. The first kappa shape index (κ1) is 15.2. The summed E-state index contributed by atoms with van der Waals surface area (Å²) in [4.78, 5) is 0. The third-order valence-corrected chi connectivity index (χ3v) is 2.90. The van der Waals surface area contributed by atoms with Crippen LogP contribution in [0.2, 0.25) is 5.15 Å². The monoisotopic (exact) mass is 319 g/mol. The van der Waals surface area contributed by atoms with Gasteiger partial charge in [-0.15, -0.1) is 16.8 Å². The Bertz CT molecular complexity index is 612. The maximum absolute atomic E-state index is 5.69. The molecule has 2 rings (SSSR count). The predicted molar refractivity (Wildman–Crippen MR) is 91.2 cm³/mol. The second kappa shape index (κ2) is 7.56. The molecule has 1 aromatic heterocycles. The van der Waals surface area contributed by atoms with Crippen LogP contribution >= 0.6 is 23.8 Å². The summed E-state index contributed by atoms with van der Waals surface area (Å²) in [5.74, 6) is 0.628. The van der Waals surface area contributed by atoms with Crippen molar-refractivity contribution in [2.75, 3.05) is 17.2 Å². The molecule has 0 fully saturated rings. The van der Waals surface area contributed by atoms with E-state index in [0.29, 0.717) is 22.6 Å². The third-order valence-electron chi connectivity index (χ3n) is 2.45. The zero-order valence-corrected chi connectivity index (χ0v) is 12.7. The highest BCUT2D eigenvalue weighted by molar-refractivity contribution is 7.80. The Labute approximate surface area is 133 Å². The van der Waals surface area contributed by atoms with E-state index in [1.54, 1.807) is 18.2 Å². The van der Waals surface area contributed by atoms with Crippen LogP contribution in [0.25, 0.3) is 0 Å². The molecule has 5 nitrogen and oxygen atoms in total. The van der Waals surface area contributed by atoms with Gasteiger partial charge in [-0.1, -0.05) is 17.7 Å². The van der Waals surface area contributed by atoms with Gasteiger partial charge in [-0.2, -0.15) is 0 Å². The van der Waals surface area contributed by atoms with E-state index in [1.165, 1.54) is 0 Å². The van der Waals surface area contributed by atoms with Gasteiger partial charge >= 0.3 is 0 Å². The topological polar surface area (TPSA) is 61.9 Å². The lowest BCUT2D eigenvalue weighted by Crippen LogP contribution is -2.28. The minimum Gasteiger partial charge on any atom is -0.359 e. The number of benzene rings is 1. The second-order valence-electron chi connectivity index (χ2n) is 4.07. The first-order valence-corrected chi connectivity index (χ1v) is 6.98. The Balaban J connectivity index is 1.94. The average Bonchev–Trinajstić information content (AvgIpc) is 2.49. The molecule has 2 aromatic rings. The number of rotatable bonds is 5. The van der Waals surface area contributed by atoms with Crippen LogP contribution < -0.4 is 16.0 Å². The van der Waals surface area contributed by atoms with Crippen molar-refractivity contribution in [3.05, 3.63) is 54.2 Å². The van der Waals surface area contributed by atoms with Gasteiger partial charge in [0.1, 0.15) is 0 Å². The summed E-state index contributed by atoms with van der Waals surface area (Å²) < 4.78 is 0. The van der Waals surface area contributed by atoms with Gasteiger partial charge in [0.2, 0.25) is 0 Å². The van der Waals surface area contributed by atoms with Gasteiger partial charge in [-0.05, 0) is 48.6 Å². The number of halogens is 1. The molecule has 0 aliphatic carbocycles. The highest BCUT2D eigenvalue weighted by Crippen LogP contribution is 2.17. The molecule has 0 amide bonds. The van der Waals surface area contributed by atoms with Crippen LogP contribution in [0.5, 0.6) is 0 Å². The Morgan fingerprint density at radius 3 is 2.48 bits per heavy atom. The highest BCUT2D eigenvalue weighted by atomic mass is 35.5. The fourth-order valence-electron chi connectivity index (χ4n) is 1.51. The smallest absolute Gasteiger partial charge is 0.171 e. The summed E-state index contributed by atoms with van der Waals surface area (Å²) in [7, 11) is 0. The van der Waals surface area contributed by atoms with E-state index in [1.807, 2.05) is 24.3 Å². The molecular weight excluding hydrogens is 306 g/mol. The number of hydrogen-bond donors (Lipinski definition) is 3. The summed E-state index contributed by atoms with van der Waals surface area (Å²) in [5, 5.41) is 17.8. The zero-order valence-electron chi connectivity index (χ0n) is 11.1. The molecule has 0 aliphatic heterocycles. The quantitative estimate of drug-likeness (QED) is 0.580. The summed E-state index contributed by atoms with van der Waals surface area (Å²) in [6.45, 7) is 4.24. The van der Waals surface area contributed by atoms with E-state index in [2.05, 4.69) is 32.7 Å². The molecule has 0 radical (unpaired) electrons. The molecule has 0 atom stereocenters. The first-order chi connectivity index (χ1) is 10.2. The molecule has 0 bridgehead atoms. The van der Waals surface area contributed by atoms with Crippen LogP contribution in [0.1, 0.15) is 0 Å². The van der Waals surface area contributed by atoms with Crippen LogP contribution in [0.3, 0.4) is 0 Å². The van der Waals surface area contributed by atoms with Gasteiger partial charge in [0, 0.05) is 17.9 Å². The number of hydrogen-bond acceptors (Lipinski definition) is 4. The number of aromatic nitrogens is 2. The molecule has 21 heavy (non-hydrogen) atoms. The summed E-state index contributed by atoms with van der Waals surface area (Å²) in [5.41, 5.74) is 1.78. The number of nitrogens with one attached hydrogen (secondary N) is 3. The largest absolute Gasteiger partial charge is 0.359 e. The Morgan fingerprint density at radius 1 is 1.14 bits per heavy atom. The zero-order chi connectivity index (χ0) is 15.1. The van der Waals surface area contributed by atoms with Crippen LogP contribution in [0.4, 0.5) is 17.2 Å². The van der Waals surface area contributed by atoms with Gasteiger partial charge in [0.05, 0.1) is 0 Å². The minimum absolute atomic E-state index is 0.362. The molecule has 0 aliphatic rings. The molecule has 1 aromatic carbocycles. The predicted octanol–water partition coefficient (Wildman–Crippen LogP) is 3.35. The van der Waals surface area contributed by atoms with Gasteiger partial charge in [0.15, 0.2) is 16.1 Å². The molecule has 0 unspecified atom stereocenters. The maximum atomic E-state index is 5.69. The van der Waals surface area contributed by atoms with Crippen molar-refractivity contribution in [3.63, 3.8) is 0 Å². The highest BCUT2D eigenvalue weighted by Gasteiger charge is 1.99. The van der Waals surface area contributed by atoms with Crippen molar-refractivity contribution in [3.8, 4) is 0 Å². The van der Waals surface area contributed by atoms with E-state index in [9.17, 15) is 0 Å². The molecule has 0 spiro atoms. The second-order valence-corrected chi connectivity index (χ2v) is 4.86. The van der Waals surface area contributed by atoms with Gasteiger partial charge < -0.3 is 16.0 Å². The molecule has 7 heteroatoms. The number of thiocarbonyl (C=S) groups is 1. The Kier molecular flexibility index (Phi) is 5.48. The van der Waals surface area contributed by atoms with Crippen LogP contribution in [-0.4, -0.2) is 21.9 Å². The van der Waals surface area contributed by atoms with E-state index in [4.69, 9.17) is 23.8 Å². The Morgan fingerprint density at radius 2 is 1.86 bits per heavy atom. The van der Waals surface area contributed by atoms with Crippen molar-refractivity contribution >= 4 is 46.1 Å². The van der Waals surface area contributed by atoms with Crippen LogP contribution in [0.15, 0.2) is 49.1 Å². The van der Waals surface area contributed by atoms with Gasteiger partial charge in [-0.3, -0.25) is 0 Å². The molecular formula is C14H14ClN5S. The first-order valence-electron chi connectivity index (χ1n) is 6.19.